The Bertz CT molecular complexity index is 1060. The first-order valence-corrected chi connectivity index (χ1v) is 12.0. The lowest BCUT2D eigenvalue weighted by Gasteiger charge is -2.42. The van der Waals surface area contributed by atoms with Crippen LogP contribution in [0, 0.1) is 5.41 Å². The second-order valence-electron chi connectivity index (χ2n) is 9.74. The normalized spacial score (nSPS) is 20.4. The molecule has 6 heteroatoms. The van der Waals surface area contributed by atoms with E-state index in [4.69, 9.17) is 0 Å². The summed E-state index contributed by atoms with van der Waals surface area (Å²) in [4.78, 5) is 17.6. The zero-order valence-corrected chi connectivity index (χ0v) is 19.4. The van der Waals surface area contributed by atoms with Crippen molar-refractivity contribution in [2.75, 3.05) is 26.2 Å². The van der Waals surface area contributed by atoms with E-state index in [1.54, 1.807) is 0 Å². The van der Waals surface area contributed by atoms with Crippen LogP contribution >= 0.6 is 0 Å². The minimum Gasteiger partial charge on any atom is -0.343 e. The fourth-order valence-corrected chi connectivity index (χ4v) is 5.76. The van der Waals surface area contributed by atoms with Crippen molar-refractivity contribution >= 4 is 5.91 Å². The van der Waals surface area contributed by atoms with Crippen LogP contribution in [-0.4, -0.2) is 56.7 Å². The number of amides is 1. The van der Waals surface area contributed by atoms with Gasteiger partial charge in [0.25, 0.3) is 0 Å². The number of piperidine rings is 1. The summed E-state index contributed by atoms with van der Waals surface area (Å²) in [6.45, 7) is 4.66. The van der Waals surface area contributed by atoms with Gasteiger partial charge in [-0.05, 0) is 35.8 Å². The third kappa shape index (κ3) is 4.71. The molecule has 2 aromatic carbocycles. The number of benzene rings is 2. The van der Waals surface area contributed by atoms with Crippen molar-refractivity contribution in [1.29, 1.82) is 0 Å². The minimum absolute atomic E-state index is 0.145. The Hall–Kier alpha value is -2.99. The quantitative estimate of drug-likeness (QED) is 0.584. The summed E-state index contributed by atoms with van der Waals surface area (Å²) in [5.41, 5.74) is 2.72. The molecule has 2 aliphatic heterocycles. The molecule has 0 N–H and O–H groups in total. The molecule has 0 bridgehead atoms. The highest BCUT2D eigenvalue weighted by Gasteiger charge is 2.50. The molecule has 5 rings (SSSR count). The van der Waals surface area contributed by atoms with Gasteiger partial charge in [-0.15, -0.1) is 10.2 Å². The number of aryl methyl sites for hydroxylation is 2. The van der Waals surface area contributed by atoms with E-state index in [1.807, 2.05) is 31.6 Å². The third-order valence-electron chi connectivity index (χ3n) is 7.61. The Morgan fingerprint density at radius 2 is 1.67 bits per heavy atom. The van der Waals surface area contributed by atoms with E-state index in [2.05, 4.69) is 67.0 Å². The molecule has 6 nitrogen and oxygen atoms in total. The van der Waals surface area contributed by atoms with Gasteiger partial charge in [0.05, 0.1) is 0 Å². The van der Waals surface area contributed by atoms with Gasteiger partial charge in [0.15, 0.2) is 0 Å². The maximum absolute atomic E-state index is 12.9. The van der Waals surface area contributed by atoms with Gasteiger partial charge in [-0.1, -0.05) is 60.7 Å². The maximum Gasteiger partial charge on any atom is 0.222 e. The average Bonchev–Trinajstić information content (AvgIpc) is 3.42. The number of nitrogens with zero attached hydrogens (tertiary/aromatic N) is 5. The first kappa shape index (κ1) is 21.8. The van der Waals surface area contributed by atoms with Gasteiger partial charge in [-0.2, -0.15) is 0 Å². The van der Waals surface area contributed by atoms with Gasteiger partial charge >= 0.3 is 0 Å². The van der Waals surface area contributed by atoms with Gasteiger partial charge in [0.2, 0.25) is 5.91 Å². The molecule has 2 saturated heterocycles. The number of aromatic nitrogens is 3. The van der Waals surface area contributed by atoms with Crippen LogP contribution in [0.1, 0.15) is 42.1 Å². The molecule has 1 spiro atoms. The lowest BCUT2D eigenvalue weighted by atomic mass is 9.70. The van der Waals surface area contributed by atoms with Crippen molar-refractivity contribution < 1.29 is 4.79 Å². The molecule has 33 heavy (non-hydrogen) atoms. The molecule has 172 valence electrons. The molecule has 2 aliphatic rings. The number of likely N-dealkylation sites (tertiary alicyclic amines) is 2. The van der Waals surface area contributed by atoms with Crippen molar-refractivity contribution in [1.82, 2.24) is 24.6 Å². The largest absolute Gasteiger partial charge is 0.343 e. The van der Waals surface area contributed by atoms with E-state index >= 15 is 0 Å². The molecular formula is C27H33N5O. The monoisotopic (exact) mass is 443 g/mol. The van der Waals surface area contributed by atoms with Crippen LogP contribution in [0.4, 0.5) is 0 Å². The first-order chi connectivity index (χ1) is 16.1. The highest BCUT2D eigenvalue weighted by atomic mass is 16.2. The van der Waals surface area contributed by atoms with Crippen LogP contribution < -0.4 is 0 Å². The summed E-state index contributed by atoms with van der Waals surface area (Å²) in [6, 6.07) is 21.0. The smallest absolute Gasteiger partial charge is 0.222 e. The summed E-state index contributed by atoms with van der Waals surface area (Å²) < 4.78 is 2.08. The van der Waals surface area contributed by atoms with Crippen LogP contribution in [0.5, 0.6) is 0 Å². The van der Waals surface area contributed by atoms with E-state index in [-0.39, 0.29) is 11.3 Å². The zero-order chi connectivity index (χ0) is 22.7. The Morgan fingerprint density at radius 3 is 2.30 bits per heavy atom. The summed E-state index contributed by atoms with van der Waals surface area (Å²) in [6.07, 6.45) is 5.25. The molecule has 0 radical (unpaired) electrons. The third-order valence-corrected chi connectivity index (χ3v) is 7.61. The van der Waals surface area contributed by atoms with Crippen molar-refractivity contribution in [2.24, 2.45) is 12.5 Å². The summed E-state index contributed by atoms with van der Waals surface area (Å²) in [5.74, 6) is 1.70. The van der Waals surface area contributed by atoms with Crippen LogP contribution in [0.2, 0.25) is 0 Å². The molecule has 0 aliphatic carbocycles. The van der Waals surface area contributed by atoms with Gasteiger partial charge in [-0.25, -0.2) is 0 Å². The summed E-state index contributed by atoms with van der Waals surface area (Å²) in [7, 11) is 2.05. The van der Waals surface area contributed by atoms with Crippen molar-refractivity contribution in [2.45, 2.75) is 38.1 Å². The van der Waals surface area contributed by atoms with E-state index < -0.39 is 0 Å². The summed E-state index contributed by atoms with van der Waals surface area (Å²) >= 11 is 0. The summed E-state index contributed by atoms with van der Waals surface area (Å²) in [5, 5.41) is 8.69. The molecule has 1 amide bonds. The lowest BCUT2D eigenvalue weighted by molar-refractivity contribution is -0.133. The van der Waals surface area contributed by atoms with Crippen LogP contribution in [0.25, 0.3) is 0 Å². The van der Waals surface area contributed by atoms with E-state index in [0.29, 0.717) is 12.3 Å². The van der Waals surface area contributed by atoms with Crippen LogP contribution in [0.3, 0.4) is 0 Å². The predicted octanol–water partition coefficient (Wildman–Crippen LogP) is 3.66. The molecule has 3 aromatic rings. The number of carbonyl (C=O) groups excluding carboxylic acids is 1. The average molecular weight is 444 g/mol. The molecule has 1 aromatic heterocycles. The number of hydrogen-bond acceptors (Lipinski definition) is 4. The predicted molar refractivity (Wildman–Crippen MR) is 128 cm³/mol. The molecule has 1 unspecified atom stereocenters. The molecular weight excluding hydrogens is 410 g/mol. The molecule has 0 saturated carbocycles. The van der Waals surface area contributed by atoms with Crippen molar-refractivity contribution in [3.05, 3.63) is 83.9 Å². The lowest BCUT2D eigenvalue weighted by Crippen LogP contribution is -2.46. The van der Waals surface area contributed by atoms with Gasteiger partial charge in [0.1, 0.15) is 12.2 Å². The number of rotatable bonds is 6. The highest BCUT2D eigenvalue weighted by Crippen LogP contribution is 2.49. The van der Waals surface area contributed by atoms with Crippen LogP contribution in [0.15, 0.2) is 67.0 Å². The zero-order valence-electron chi connectivity index (χ0n) is 19.4. The SMILES string of the molecule is Cn1cnnc1C1CN(Cc2ccccc2)CC12CCN(C(=O)CCc1ccccc1)CC2. The Balaban J connectivity index is 1.26. The maximum atomic E-state index is 12.9. The fraction of sp³-hybridized carbons (Fsp3) is 0.444. The molecule has 1 atom stereocenters. The second-order valence-corrected chi connectivity index (χ2v) is 9.74. The van der Waals surface area contributed by atoms with Crippen molar-refractivity contribution in [3.8, 4) is 0 Å². The van der Waals surface area contributed by atoms with E-state index in [0.717, 1.165) is 57.8 Å². The van der Waals surface area contributed by atoms with Gasteiger partial charge in [0, 0.05) is 52.1 Å². The Kier molecular flexibility index (Phi) is 6.27. The Labute approximate surface area is 196 Å². The molecule has 2 fully saturated rings. The van der Waals surface area contributed by atoms with E-state index in [9.17, 15) is 4.79 Å². The Morgan fingerprint density at radius 1 is 1.00 bits per heavy atom. The van der Waals surface area contributed by atoms with Gasteiger partial charge < -0.3 is 9.47 Å². The molecule has 3 heterocycles. The van der Waals surface area contributed by atoms with Crippen molar-refractivity contribution in [3.63, 3.8) is 0 Å². The highest BCUT2D eigenvalue weighted by molar-refractivity contribution is 5.76. The topological polar surface area (TPSA) is 54.3 Å². The number of hydrogen-bond donors (Lipinski definition) is 0. The fourth-order valence-electron chi connectivity index (χ4n) is 5.76. The van der Waals surface area contributed by atoms with Gasteiger partial charge in [-0.3, -0.25) is 9.69 Å². The second kappa shape index (κ2) is 9.48. The van der Waals surface area contributed by atoms with E-state index in [1.165, 1.54) is 11.1 Å². The van der Waals surface area contributed by atoms with Crippen LogP contribution in [-0.2, 0) is 24.8 Å². The standard InChI is InChI=1S/C27H33N5O/c1-30-21-28-29-26(30)24-19-31(18-23-10-6-3-7-11-23)20-27(24)14-16-32(17-15-27)25(33)13-12-22-8-4-2-5-9-22/h2-11,21,24H,12-20H2,1H3. The number of carbonyl (C=O) groups is 1. The first-order valence-electron chi connectivity index (χ1n) is 12.0. The minimum atomic E-state index is 0.145.